The lowest BCUT2D eigenvalue weighted by Gasteiger charge is -2.32. The first-order valence-corrected chi connectivity index (χ1v) is 7.89. The summed E-state index contributed by atoms with van der Waals surface area (Å²) in [4.78, 5) is 24.8. The highest BCUT2D eigenvalue weighted by atomic mass is 16.5. The lowest BCUT2D eigenvalue weighted by molar-refractivity contribution is -0.143. The Bertz CT molecular complexity index is 361. The highest BCUT2D eigenvalue weighted by Gasteiger charge is 2.27. The van der Waals surface area contributed by atoms with E-state index in [9.17, 15) is 9.59 Å². The minimum atomic E-state index is -0.684. The van der Waals surface area contributed by atoms with Gasteiger partial charge in [-0.3, -0.25) is 4.79 Å². The van der Waals surface area contributed by atoms with Crippen LogP contribution in [0.3, 0.4) is 0 Å². The fourth-order valence-corrected chi connectivity index (χ4v) is 3.21. The van der Waals surface area contributed by atoms with E-state index in [2.05, 4.69) is 5.32 Å². The molecule has 2 N–H and O–H groups in total. The summed E-state index contributed by atoms with van der Waals surface area (Å²) in [5.74, 6) is -0.466. The van der Waals surface area contributed by atoms with E-state index in [0.717, 1.165) is 51.7 Å². The van der Waals surface area contributed by atoms with Crippen LogP contribution >= 0.6 is 0 Å². The normalized spacial score (nSPS) is 27.1. The summed E-state index contributed by atoms with van der Waals surface area (Å²) in [7, 11) is 1.84. The maximum atomic E-state index is 12.1. The molecular formula is C15H26N2O4. The number of aliphatic carboxylic acids is 1. The Hall–Kier alpha value is -1.30. The summed E-state index contributed by atoms with van der Waals surface area (Å²) < 4.78 is 5.31. The topological polar surface area (TPSA) is 78.9 Å². The third-order valence-electron chi connectivity index (χ3n) is 4.80. The van der Waals surface area contributed by atoms with Crippen LogP contribution < -0.4 is 5.32 Å². The molecule has 1 aliphatic heterocycles. The van der Waals surface area contributed by atoms with E-state index >= 15 is 0 Å². The van der Waals surface area contributed by atoms with Crippen molar-refractivity contribution in [2.45, 2.75) is 44.6 Å². The van der Waals surface area contributed by atoms with Crippen molar-refractivity contribution in [3.05, 3.63) is 0 Å². The predicted molar refractivity (Wildman–Crippen MR) is 78.1 cm³/mol. The van der Waals surface area contributed by atoms with Crippen LogP contribution in [-0.2, 0) is 9.53 Å². The molecule has 6 heteroatoms. The van der Waals surface area contributed by atoms with E-state index in [1.807, 2.05) is 7.05 Å². The Kier molecular flexibility index (Phi) is 5.85. The van der Waals surface area contributed by atoms with Crippen molar-refractivity contribution in [2.75, 3.05) is 26.8 Å². The number of carboxylic acids is 1. The van der Waals surface area contributed by atoms with Crippen LogP contribution in [0.1, 0.15) is 38.5 Å². The van der Waals surface area contributed by atoms with Crippen LogP contribution in [0.5, 0.6) is 0 Å². The number of hydrogen-bond acceptors (Lipinski definition) is 3. The molecule has 2 fully saturated rings. The SMILES string of the molecule is CN(C(=O)NCC1CCC(C(=O)O)CC1)C1CCOCC1. The zero-order chi connectivity index (χ0) is 15.2. The van der Waals surface area contributed by atoms with E-state index in [0.29, 0.717) is 12.5 Å². The van der Waals surface area contributed by atoms with Crippen LogP contribution in [0.15, 0.2) is 0 Å². The van der Waals surface area contributed by atoms with Gasteiger partial charge in [-0.2, -0.15) is 0 Å². The molecule has 2 rings (SSSR count). The number of amides is 2. The number of carbonyl (C=O) groups excluding carboxylic acids is 1. The lowest BCUT2D eigenvalue weighted by atomic mass is 9.82. The van der Waals surface area contributed by atoms with Gasteiger partial charge in [-0.05, 0) is 44.4 Å². The molecule has 0 aromatic carbocycles. The summed E-state index contributed by atoms with van der Waals surface area (Å²) in [5, 5.41) is 12.0. The molecule has 2 aliphatic rings. The number of nitrogens with zero attached hydrogens (tertiary/aromatic N) is 1. The van der Waals surface area contributed by atoms with Gasteiger partial charge in [0.15, 0.2) is 0 Å². The van der Waals surface area contributed by atoms with E-state index < -0.39 is 5.97 Å². The molecule has 0 aromatic rings. The second kappa shape index (κ2) is 7.64. The predicted octanol–water partition coefficient (Wildman–Crippen LogP) is 1.70. The Morgan fingerprint density at radius 1 is 1.14 bits per heavy atom. The average molecular weight is 298 g/mol. The summed E-state index contributed by atoms with van der Waals surface area (Å²) >= 11 is 0. The summed E-state index contributed by atoms with van der Waals surface area (Å²) in [6, 6.07) is 0.240. The van der Waals surface area contributed by atoms with Crippen LogP contribution in [-0.4, -0.2) is 54.9 Å². The zero-order valence-electron chi connectivity index (χ0n) is 12.7. The van der Waals surface area contributed by atoms with Gasteiger partial charge in [0.2, 0.25) is 0 Å². The van der Waals surface area contributed by atoms with Crippen molar-refractivity contribution in [3.63, 3.8) is 0 Å². The summed E-state index contributed by atoms with van der Waals surface area (Å²) in [5.41, 5.74) is 0. The van der Waals surface area contributed by atoms with Crippen molar-refractivity contribution in [3.8, 4) is 0 Å². The molecule has 21 heavy (non-hydrogen) atoms. The highest BCUT2D eigenvalue weighted by Crippen LogP contribution is 2.28. The third-order valence-corrected chi connectivity index (χ3v) is 4.80. The van der Waals surface area contributed by atoms with Gasteiger partial charge in [0.1, 0.15) is 0 Å². The highest BCUT2D eigenvalue weighted by molar-refractivity contribution is 5.74. The lowest BCUT2D eigenvalue weighted by Crippen LogP contribution is -2.47. The fourth-order valence-electron chi connectivity index (χ4n) is 3.21. The Morgan fingerprint density at radius 2 is 1.76 bits per heavy atom. The van der Waals surface area contributed by atoms with Gasteiger partial charge in [0.05, 0.1) is 5.92 Å². The van der Waals surface area contributed by atoms with Gasteiger partial charge in [-0.25, -0.2) is 4.79 Å². The number of nitrogens with one attached hydrogen (secondary N) is 1. The number of carboxylic acid groups (broad SMARTS) is 1. The van der Waals surface area contributed by atoms with Gasteiger partial charge in [0, 0.05) is 32.8 Å². The van der Waals surface area contributed by atoms with Crippen LogP contribution in [0.4, 0.5) is 4.79 Å². The monoisotopic (exact) mass is 298 g/mol. The zero-order valence-corrected chi connectivity index (χ0v) is 12.7. The van der Waals surface area contributed by atoms with Gasteiger partial charge in [-0.15, -0.1) is 0 Å². The molecule has 1 saturated carbocycles. The molecule has 0 radical (unpaired) electrons. The van der Waals surface area contributed by atoms with Gasteiger partial charge < -0.3 is 20.1 Å². The smallest absolute Gasteiger partial charge is 0.317 e. The molecule has 1 heterocycles. The molecule has 0 unspecified atom stereocenters. The van der Waals surface area contributed by atoms with Crippen molar-refractivity contribution in [2.24, 2.45) is 11.8 Å². The van der Waals surface area contributed by atoms with E-state index in [1.54, 1.807) is 4.90 Å². The van der Waals surface area contributed by atoms with Crippen molar-refractivity contribution in [1.82, 2.24) is 10.2 Å². The first-order valence-electron chi connectivity index (χ1n) is 7.89. The van der Waals surface area contributed by atoms with Crippen LogP contribution in [0.2, 0.25) is 0 Å². The standard InChI is InChI=1S/C15H26N2O4/c1-17(13-6-8-21-9-7-13)15(20)16-10-11-2-4-12(5-3-11)14(18)19/h11-13H,2-10H2,1H3,(H,16,20)(H,18,19). The largest absolute Gasteiger partial charge is 0.481 e. The Labute approximate surface area is 125 Å². The van der Waals surface area contributed by atoms with Crippen LogP contribution in [0.25, 0.3) is 0 Å². The molecule has 0 bridgehead atoms. The number of rotatable bonds is 4. The minimum absolute atomic E-state index is 0.0257. The van der Waals surface area contributed by atoms with E-state index in [1.165, 1.54) is 0 Å². The Balaban J connectivity index is 1.68. The number of urea groups is 1. The van der Waals surface area contributed by atoms with Crippen molar-refractivity contribution >= 4 is 12.0 Å². The first-order chi connectivity index (χ1) is 10.1. The average Bonchev–Trinajstić information content (AvgIpc) is 2.53. The summed E-state index contributed by atoms with van der Waals surface area (Å²) in [6.45, 7) is 2.10. The maximum Gasteiger partial charge on any atom is 0.317 e. The molecule has 2 amide bonds. The Morgan fingerprint density at radius 3 is 2.33 bits per heavy atom. The number of carbonyl (C=O) groups is 2. The van der Waals surface area contributed by atoms with Crippen LogP contribution in [0, 0.1) is 11.8 Å². The van der Waals surface area contributed by atoms with E-state index in [4.69, 9.17) is 9.84 Å². The molecule has 0 spiro atoms. The van der Waals surface area contributed by atoms with Gasteiger partial charge in [0.25, 0.3) is 0 Å². The van der Waals surface area contributed by atoms with Crippen molar-refractivity contribution in [1.29, 1.82) is 0 Å². The summed E-state index contributed by atoms with van der Waals surface area (Å²) in [6.07, 6.45) is 5.02. The molecular weight excluding hydrogens is 272 g/mol. The molecule has 0 atom stereocenters. The second-order valence-electron chi connectivity index (χ2n) is 6.20. The van der Waals surface area contributed by atoms with E-state index in [-0.39, 0.29) is 18.0 Å². The fraction of sp³-hybridized carbons (Fsp3) is 0.867. The van der Waals surface area contributed by atoms with Crippen molar-refractivity contribution < 1.29 is 19.4 Å². The molecule has 1 saturated heterocycles. The number of ether oxygens (including phenoxy) is 1. The molecule has 120 valence electrons. The third kappa shape index (κ3) is 4.59. The molecule has 6 nitrogen and oxygen atoms in total. The van der Waals surface area contributed by atoms with Gasteiger partial charge >= 0.3 is 12.0 Å². The maximum absolute atomic E-state index is 12.1. The first kappa shape index (κ1) is 16.1. The minimum Gasteiger partial charge on any atom is -0.481 e. The molecule has 1 aliphatic carbocycles. The number of hydrogen-bond donors (Lipinski definition) is 2. The second-order valence-corrected chi connectivity index (χ2v) is 6.20. The van der Waals surface area contributed by atoms with Gasteiger partial charge in [-0.1, -0.05) is 0 Å². The quantitative estimate of drug-likeness (QED) is 0.828. The molecule has 0 aromatic heterocycles.